The molecule has 1 rings (SSSR count). The van der Waals surface area contributed by atoms with Crippen molar-refractivity contribution in [3.05, 3.63) is 35.9 Å². The highest BCUT2D eigenvalue weighted by molar-refractivity contribution is 5.85. The summed E-state index contributed by atoms with van der Waals surface area (Å²) in [6, 6.07) is 11.6. The minimum atomic E-state index is 0. The van der Waals surface area contributed by atoms with E-state index in [0.29, 0.717) is 6.04 Å². The van der Waals surface area contributed by atoms with E-state index < -0.39 is 0 Å². The molecule has 0 aliphatic rings. The Balaban J connectivity index is 0.00000625. The van der Waals surface area contributed by atoms with Crippen LogP contribution in [0, 0.1) is 0 Å². The Labute approximate surface area is 170 Å². The molecule has 1 aromatic rings. The Bertz CT molecular complexity index is 363. The van der Waals surface area contributed by atoms with Crippen molar-refractivity contribution in [3.63, 3.8) is 0 Å². The van der Waals surface area contributed by atoms with Crippen LogP contribution in [-0.2, 0) is 6.54 Å². The van der Waals surface area contributed by atoms with Crippen LogP contribution in [0.3, 0.4) is 0 Å². The molecule has 0 aliphatic heterocycles. The molecule has 2 heteroatoms. The molecule has 26 heavy (non-hydrogen) atoms. The van der Waals surface area contributed by atoms with Crippen molar-refractivity contribution in [1.29, 1.82) is 0 Å². The molecule has 1 aromatic carbocycles. The van der Waals surface area contributed by atoms with E-state index in [-0.39, 0.29) is 12.4 Å². The quantitative estimate of drug-likeness (QED) is 0.269. The molecule has 0 spiro atoms. The fraction of sp³-hybridized carbons (Fsp3) is 0.750. The maximum absolute atomic E-state index is 3.84. The smallest absolute Gasteiger partial charge is 0.0208 e. The van der Waals surface area contributed by atoms with Crippen molar-refractivity contribution in [2.45, 2.75) is 116 Å². The maximum Gasteiger partial charge on any atom is 0.0208 e. The summed E-state index contributed by atoms with van der Waals surface area (Å²) in [5.74, 6) is 0. The summed E-state index contributed by atoms with van der Waals surface area (Å²) in [5.41, 5.74) is 1.42. The van der Waals surface area contributed by atoms with Crippen LogP contribution in [0.4, 0.5) is 0 Å². The SMILES string of the molecule is CCCCCCCCC(CCCCCCCC)NCc1ccccc1.Cl. The third-order valence-corrected chi connectivity index (χ3v) is 5.25. The van der Waals surface area contributed by atoms with Gasteiger partial charge < -0.3 is 5.32 Å². The van der Waals surface area contributed by atoms with Gasteiger partial charge >= 0.3 is 0 Å². The summed E-state index contributed by atoms with van der Waals surface area (Å²) in [4.78, 5) is 0. The lowest BCUT2D eigenvalue weighted by atomic mass is 9.99. The first-order valence-corrected chi connectivity index (χ1v) is 11.1. The number of rotatable bonds is 17. The number of benzene rings is 1. The van der Waals surface area contributed by atoms with E-state index in [1.165, 1.54) is 95.5 Å². The van der Waals surface area contributed by atoms with Gasteiger partial charge in [0.05, 0.1) is 0 Å². The monoisotopic (exact) mass is 381 g/mol. The number of nitrogens with one attached hydrogen (secondary N) is 1. The lowest BCUT2D eigenvalue weighted by Crippen LogP contribution is -2.28. The van der Waals surface area contributed by atoms with E-state index in [9.17, 15) is 0 Å². The summed E-state index contributed by atoms with van der Waals surface area (Å²) in [7, 11) is 0. The Kier molecular flexibility index (Phi) is 18.8. The molecule has 1 N–H and O–H groups in total. The van der Waals surface area contributed by atoms with Crippen LogP contribution in [0.25, 0.3) is 0 Å². The van der Waals surface area contributed by atoms with Gasteiger partial charge in [0, 0.05) is 12.6 Å². The Morgan fingerprint density at radius 2 is 1.12 bits per heavy atom. The van der Waals surface area contributed by atoms with Crippen molar-refractivity contribution in [2.75, 3.05) is 0 Å². The molecule has 1 nitrogen and oxygen atoms in total. The fourth-order valence-electron chi connectivity index (χ4n) is 3.55. The second kappa shape index (κ2) is 19.2. The summed E-state index contributed by atoms with van der Waals surface area (Å²) < 4.78 is 0. The van der Waals surface area contributed by atoms with E-state index in [0.717, 1.165) is 6.54 Å². The minimum absolute atomic E-state index is 0. The van der Waals surface area contributed by atoms with Gasteiger partial charge in [-0.15, -0.1) is 12.4 Å². The van der Waals surface area contributed by atoms with Gasteiger partial charge in [-0.2, -0.15) is 0 Å². The van der Waals surface area contributed by atoms with Crippen LogP contribution in [0.1, 0.15) is 109 Å². The molecular formula is C24H44ClN. The lowest BCUT2D eigenvalue weighted by molar-refractivity contribution is 0.410. The average Bonchev–Trinajstić information content (AvgIpc) is 2.65. The average molecular weight is 382 g/mol. The van der Waals surface area contributed by atoms with E-state index in [4.69, 9.17) is 0 Å². The van der Waals surface area contributed by atoms with Crippen LogP contribution in [0.5, 0.6) is 0 Å². The Morgan fingerprint density at radius 1 is 0.654 bits per heavy atom. The molecule has 0 atom stereocenters. The topological polar surface area (TPSA) is 12.0 Å². The Morgan fingerprint density at radius 3 is 1.62 bits per heavy atom. The normalized spacial score (nSPS) is 10.9. The van der Waals surface area contributed by atoms with Crippen molar-refractivity contribution in [2.24, 2.45) is 0 Å². The first-order valence-electron chi connectivity index (χ1n) is 11.1. The third kappa shape index (κ3) is 14.6. The first kappa shape index (κ1) is 25.5. The van der Waals surface area contributed by atoms with Crippen molar-refractivity contribution >= 4 is 12.4 Å². The van der Waals surface area contributed by atoms with E-state index in [1.807, 2.05) is 0 Å². The molecule has 0 amide bonds. The van der Waals surface area contributed by atoms with Crippen molar-refractivity contribution in [3.8, 4) is 0 Å². The predicted molar refractivity (Wildman–Crippen MR) is 120 cm³/mol. The lowest BCUT2D eigenvalue weighted by Gasteiger charge is -2.19. The van der Waals surface area contributed by atoms with Crippen LogP contribution >= 0.6 is 12.4 Å². The summed E-state index contributed by atoms with van der Waals surface area (Å²) >= 11 is 0. The van der Waals surface area contributed by atoms with Gasteiger partial charge in [-0.25, -0.2) is 0 Å². The van der Waals surface area contributed by atoms with Crippen LogP contribution in [0.15, 0.2) is 30.3 Å². The van der Waals surface area contributed by atoms with Gasteiger partial charge in [0.25, 0.3) is 0 Å². The van der Waals surface area contributed by atoms with Gasteiger partial charge in [0.1, 0.15) is 0 Å². The molecule has 0 fully saturated rings. The fourth-order valence-corrected chi connectivity index (χ4v) is 3.55. The van der Waals surface area contributed by atoms with Crippen molar-refractivity contribution < 1.29 is 0 Å². The second-order valence-electron chi connectivity index (χ2n) is 7.68. The summed E-state index contributed by atoms with van der Waals surface area (Å²) in [5, 5.41) is 3.84. The van der Waals surface area contributed by atoms with Crippen molar-refractivity contribution in [1.82, 2.24) is 5.32 Å². The number of hydrogen-bond donors (Lipinski definition) is 1. The van der Waals surface area contributed by atoms with Crippen LogP contribution < -0.4 is 5.32 Å². The molecule has 152 valence electrons. The highest BCUT2D eigenvalue weighted by Crippen LogP contribution is 2.15. The zero-order chi connectivity index (χ0) is 18.0. The highest BCUT2D eigenvalue weighted by Gasteiger charge is 2.08. The first-order chi connectivity index (χ1) is 12.4. The van der Waals surface area contributed by atoms with Crippen LogP contribution in [-0.4, -0.2) is 6.04 Å². The van der Waals surface area contributed by atoms with E-state index in [2.05, 4.69) is 49.5 Å². The molecule has 0 saturated heterocycles. The maximum atomic E-state index is 3.84. The summed E-state index contributed by atoms with van der Waals surface area (Å²) in [6.45, 7) is 5.62. The van der Waals surface area contributed by atoms with Gasteiger partial charge in [0.2, 0.25) is 0 Å². The van der Waals surface area contributed by atoms with Gasteiger partial charge in [0.15, 0.2) is 0 Å². The highest BCUT2D eigenvalue weighted by atomic mass is 35.5. The molecule has 0 aromatic heterocycles. The van der Waals surface area contributed by atoms with Gasteiger partial charge in [-0.05, 0) is 18.4 Å². The number of unbranched alkanes of at least 4 members (excludes halogenated alkanes) is 10. The summed E-state index contributed by atoms with van der Waals surface area (Å²) in [6.07, 6.45) is 19.6. The molecule has 0 unspecified atom stereocenters. The van der Waals surface area contributed by atoms with E-state index in [1.54, 1.807) is 0 Å². The predicted octanol–water partition coefficient (Wildman–Crippen LogP) is 8.07. The minimum Gasteiger partial charge on any atom is -0.310 e. The zero-order valence-electron chi connectivity index (χ0n) is 17.5. The zero-order valence-corrected chi connectivity index (χ0v) is 18.3. The number of halogens is 1. The van der Waals surface area contributed by atoms with Gasteiger partial charge in [-0.1, -0.05) is 121 Å². The Hall–Kier alpha value is -0.530. The van der Waals surface area contributed by atoms with Crippen LogP contribution in [0.2, 0.25) is 0 Å². The molecular weight excluding hydrogens is 338 g/mol. The molecule has 0 heterocycles. The third-order valence-electron chi connectivity index (χ3n) is 5.25. The van der Waals surface area contributed by atoms with Gasteiger partial charge in [-0.3, -0.25) is 0 Å². The standard InChI is InChI=1S/C24H43N.ClH/c1-3-5-7-9-11-16-20-24(21-17-12-10-8-6-4-2)25-22-23-18-14-13-15-19-23;/h13-15,18-19,24-25H,3-12,16-17,20-22H2,1-2H3;1H. The largest absolute Gasteiger partial charge is 0.310 e. The number of hydrogen-bond acceptors (Lipinski definition) is 1. The van der Waals surface area contributed by atoms with E-state index >= 15 is 0 Å². The second-order valence-corrected chi connectivity index (χ2v) is 7.68. The molecule has 0 radical (unpaired) electrons. The molecule has 0 saturated carbocycles. The molecule has 0 aliphatic carbocycles. The molecule has 0 bridgehead atoms.